The molecule has 0 aliphatic carbocycles. The van der Waals surface area contributed by atoms with Crippen molar-refractivity contribution in [1.82, 2.24) is 0 Å². The number of para-hydroxylation sites is 1. The van der Waals surface area contributed by atoms with E-state index >= 15 is 0 Å². The number of hydrogen-bond donors (Lipinski definition) is 2. The monoisotopic (exact) mass is 554 g/mol. The maximum atomic E-state index is 14.6. The molecule has 0 saturated heterocycles. The Kier molecular flexibility index (Phi) is 13.8. The number of carbonyl (C=O) groups excluding carboxylic acids is 1. The second kappa shape index (κ2) is 17.6. The Hall–Kier alpha value is -2.93. The fourth-order valence-corrected chi connectivity index (χ4v) is 5.24. The fourth-order valence-electron chi connectivity index (χ4n) is 4.61. The van der Waals surface area contributed by atoms with Crippen LogP contribution in [0.3, 0.4) is 0 Å². The predicted molar refractivity (Wildman–Crippen MR) is 160 cm³/mol. The van der Waals surface area contributed by atoms with Crippen LogP contribution >= 0.6 is 11.3 Å². The third-order valence-electron chi connectivity index (χ3n) is 6.79. The van der Waals surface area contributed by atoms with Crippen molar-refractivity contribution in [1.29, 1.82) is 0 Å². The zero-order valence-electron chi connectivity index (χ0n) is 23.6. The second-order valence-electron chi connectivity index (χ2n) is 10.3. The summed E-state index contributed by atoms with van der Waals surface area (Å²) in [5.74, 6) is -0.256. The van der Waals surface area contributed by atoms with Crippen LogP contribution in [0.2, 0.25) is 0 Å². The average molecular weight is 555 g/mol. The number of thiazole rings is 1. The lowest BCUT2D eigenvalue weighted by Crippen LogP contribution is -2.31. The van der Waals surface area contributed by atoms with Gasteiger partial charge in [-0.3, -0.25) is 0 Å². The van der Waals surface area contributed by atoms with E-state index in [0.717, 1.165) is 18.4 Å². The molecule has 1 aromatic heterocycles. The van der Waals surface area contributed by atoms with E-state index in [0.29, 0.717) is 24.5 Å². The SMILES string of the molecule is CCCCCCCCCCCCCCOc1ccc(NC(=O)Nc2ccccc2C[n+]2csc(C)c2)cc1F. The first-order chi connectivity index (χ1) is 19.0. The number of urea groups is 1. The molecule has 2 aromatic carbocycles. The first kappa shape index (κ1) is 30.6. The van der Waals surface area contributed by atoms with E-state index in [2.05, 4.69) is 40.8 Å². The summed E-state index contributed by atoms with van der Waals surface area (Å²) in [7, 11) is 0. The van der Waals surface area contributed by atoms with Gasteiger partial charge in [-0.25, -0.2) is 9.18 Å². The third kappa shape index (κ3) is 11.8. The van der Waals surface area contributed by atoms with Crippen molar-refractivity contribution in [2.24, 2.45) is 0 Å². The van der Waals surface area contributed by atoms with Crippen LogP contribution in [0.5, 0.6) is 5.75 Å². The molecule has 0 bridgehead atoms. The summed E-state index contributed by atoms with van der Waals surface area (Å²) in [5.41, 5.74) is 4.14. The molecule has 0 radical (unpaired) electrons. The van der Waals surface area contributed by atoms with Crippen LogP contribution < -0.4 is 19.9 Å². The molecule has 2 amide bonds. The maximum absolute atomic E-state index is 14.6. The molecule has 0 unspecified atom stereocenters. The highest BCUT2D eigenvalue weighted by Crippen LogP contribution is 2.22. The maximum Gasteiger partial charge on any atom is 0.323 e. The lowest BCUT2D eigenvalue weighted by Gasteiger charge is -2.12. The van der Waals surface area contributed by atoms with Crippen molar-refractivity contribution < 1.29 is 18.5 Å². The normalized spacial score (nSPS) is 10.9. The zero-order chi connectivity index (χ0) is 27.7. The number of aryl methyl sites for hydroxylation is 1. The number of nitrogens with zero attached hydrogens (tertiary/aromatic N) is 1. The lowest BCUT2D eigenvalue weighted by molar-refractivity contribution is -0.683. The van der Waals surface area contributed by atoms with Crippen molar-refractivity contribution >= 4 is 28.7 Å². The molecule has 0 saturated carbocycles. The van der Waals surface area contributed by atoms with Gasteiger partial charge in [0.05, 0.1) is 17.2 Å². The van der Waals surface area contributed by atoms with E-state index in [4.69, 9.17) is 4.74 Å². The summed E-state index contributed by atoms with van der Waals surface area (Å²) in [6.45, 7) is 5.47. The van der Waals surface area contributed by atoms with Gasteiger partial charge in [0.25, 0.3) is 0 Å². The molecule has 0 aliphatic heterocycles. The Bertz CT molecular complexity index is 1130. The minimum absolute atomic E-state index is 0.220. The number of anilines is 2. The van der Waals surface area contributed by atoms with E-state index in [1.807, 2.05) is 24.3 Å². The van der Waals surface area contributed by atoms with Gasteiger partial charge in [0.1, 0.15) is 0 Å². The number of aromatic nitrogens is 1. The number of hydrogen-bond acceptors (Lipinski definition) is 3. The summed E-state index contributed by atoms with van der Waals surface area (Å²) in [5, 5.41) is 5.61. The minimum Gasteiger partial charge on any atom is -0.491 e. The van der Waals surface area contributed by atoms with Crippen molar-refractivity contribution in [2.75, 3.05) is 17.2 Å². The Morgan fingerprint density at radius 2 is 1.56 bits per heavy atom. The van der Waals surface area contributed by atoms with E-state index < -0.39 is 11.8 Å². The number of carbonyl (C=O) groups is 1. The highest BCUT2D eigenvalue weighted by molar-refractivity contribution is 7.09. The zero-order valence-corrected chi connectivity index (χ0v) is 24.5. The van der Waals surface area contributed by atoms with Crippen LogP contribution in [0.1, 0.15) is 94.4 Å². The second-order valence-corrected chi connectivity index (χ2v) is 11.3. The van der Waals surface area contributed by atoms with E-state index in [9.17, 15) is 9.18 Å². The fraction of sp³-hybridized carbons (Fsp3) is 0.500. The van der Waals surface area contributed by atoms with Crippen LogP contribution in [0, 0.1) is 12.7 Å². The Labute approximate surface area is 237 Å². The number of nitrogens with one attached hydrogen (secondary N) is 2. The summed E-state index contributed by atoms with van der Waals surface area (Å²) >= 11 is 1.68. The number of benzene rings is 2. The van der Waals surface area contributed by atoms with Gasteiger partial charge in [-0.15, -0.1) is 0 Å². The largest absolute Gasteiger partial charge is 0.491 e. The lowest BCUT2D eigenvalue weighted by atomic mass is 10.1. The molecule has 7 heteroatoms. The number of unbranched alkanes of at least 4 members (excludes halogenated alkanes) is 11. The van der Waals surface area contributed by atoms with Crippen LogP contribution in [0.4, 0.5) is 20.6 Å². The van der Waals surface area contributed by atoms with Crippen molar-refractivity contribution in [3.63, 3.8) is 0 Å². The van der Waals surface area contributed by atoms with E-state index in [-0.39, 0.29) is 5.75 Å². The molecular weight excluding hydrogens is 509 g/mol. The van der Waals surface area contributed by atoms with Gasteiger partial charge in [-0.1, -0.05) is 107 Å². The molecule has 0 atom stereocenters. The quantitative estimate of drug-likeness (QED) is 0.122. The molecule has 3 rings (SSSR count). The van der Waals surface area contributed by atoms with Gasteiger partial charge in [-0.05, 0) is 31.5 Å². The van der Waals surface area contributed by atoms with Crippen LogP contribution in [-0.2, 0) is 6.54 Å². The standard InChI is InChI=1S/C32H44FN3O2S/c1-3-4-5-6-7-8-9-10-11-12-13-16-21-38-31-20-19-28(22-29(31)33)34-32(37)35-30-18-15-14-17-27(30)24-36-23-26(2)39-25-36/h14-15,17-20,22-23,25H,3-13,16,21,24H2,1-2H3,(H-,34,35,37)/p+1. The Morgan fingerprint density at radius 3 is 2.21 bits per heavy atom. The molecule has 2 N–H and O–H groups in total. The molecule has 1 heterocycles. The van der Waals surface area contributed by atoms with Gasteiger partial charge >= 0.3 is 6.03 Å². The molecule has 3 aromatic rings. The van der Waals surface area contributed by atoms with Crippen LogP contribution in [0.25, 0.3) is 0 Å². The van der Waals surface area contributed by atoms with Crippen molar-refractivity contribution in [2.45, 2.75) is 97.4 Å². The topological polar surface area (TPSA) is 54.2 Å². The van der Waals surface area contributed by atoms with Gasteiger partial charge in [-0.2, -0.15) is 4.57 Å². The van der Waals surface area contributed by atoms with E-state index in [1.165, 1.54) is 75.2 Å². The Balaban J connectivity index is 1.32. The molecule has 39 heavy (non-hydrogen) atoms. The number of rotatable bonds is 18. The van der Waals surface area contributed by atoms with Gasteiger partial charge in [0.15, 0.2) is 24.3 Å². The number of halogens is 1. The molecule has 212 valence electrons. The van der Waals surface area contributed by atoms with E-state index in [1.54, 1.807) is 23.5 Å². The van der Waals surface area contributed by atoms with Crippen LogP contribution in [0.15, 0.2) is 54.2 Å². The van der Waals surface area contributed by atoms with Crippen molar-refractivity contribution in [3.05, 3.63) is 70.4 Å². The summed E-state index contributed by atoms with van der Waals surface area (Å²) < 4.78 is 22.3. The summed E-state index contributed by atoms with van der Waals surface area (Å²) in [6.07, 6.45) is 17.4. The van der Waals surface area contributed by atoms with Gasteiger partial charge < -0.3 is 15.4 Å². The molecule has 0 aliphatic rings. The van der Waals surface area contributed by atoms with Crippen LogP contribution in [-0.4, -0.2) is 12.6 Å². The molecular formula is C32H45FN3O2S+. The summed E-state index contributed by atoms with van der Waals surface area (Å²) in [6, 6.07) is 11.8. The highest BCUT2D eigenvalue weighted by Gasteiger charge is 2.13. The first-order valence-electron chi connectivity index (χ1n) is 14.6. The molecule has 0 fully saturated rings. The predicted octanol–water partition coefficient (Wildman–Crippen LogP) is 9.26. The average Bonchev–Trinajstić information content (AvgIpc) is 3.33. The number of ether oxygens (including phenoxy) is 1. The number of amides is 2. The smallest absolute Gasteiger partial charge is 0.323 e. The molecule has 5 nitrogen and oxygen atoms in total. The van der Waals surface area contributed by atoms with Gasteiger partial charge in [0.2, 0.25) is 5.51 Å². The Morgan fingerprint density at radius 1 is 0.897 bits per heavy atom. The third-order valence-corrected chi connectivity index (χ3v) is 7.64. The van der Waals surface area contributed by atoms with Crippen molar-refractivity contribution in [3.8, 4) is 5.75 Å². The molecule has 0 spiro atoms. The minimum atomic E-state index is -0.476. The van der Waals surface area contributed by atoms with Gasteiger partial charge in [0, 0.05) is 17.3 Å². The highest BCUT2D eigenvalue weighted by atomic mass is 32.1. The summed E-state index contributed by atoms with van der Waals surface area (Å²) in [4.78, 5) is 13.8. The first-order valence-corrected chi connectivity index (χ1v) is 15.5.